The highest BCUT2D eigenvalue weighted by Crippen LogP contribution is 2.25. The zero-order valence-electron chi connectivity index (χ0n) is 4.00. The molecule has 0 aromatic carbocycles. The van der Waals surface area contributed by atoms with Gasteiger partial charge >= 0.3 is 0 Å². The van der Waals surface area contributed by atoms with E-state index in [2.05, 4.69) is 31.9 Å². The minimum atomic E-state index is -0.639. The normalized spacial score (nSPS) is 11.2. The predicted octanol–water partition coefficient (Wildman–Crippen LogP) is 2.96. The summed E-state index contributed by atoms with van der Waals surface area (Å²) in [6.45, 7) is -0.639. The fourth-order valence-electron chi connectivity index (χ4n) is 0.199. The van der Waals surface area contributed by atoms with Gasteiger partial charge < -0.3 is 0 Å². The van der Waals surface area contributed by atoms with Crippen molar-refractivity contribution in [2.45, 2.75) is 10.2 Å². The Balaban J connectivity index is 3.17. The van der Waals surface area contributed by atoms with Crippen molar-refractivity contribution in [1.29, 1.82) is 0 Å². The molecule has 0 atom stereocenters. The van der Waals surface area contributed by atoms with Gasteiger partial charge in [0, 0.05) is 6.42 Å². The Labute approximate surface area is 63.9 Å². The van der Waals surface area contributed by atoms with Gasteiger partial charge in [-0.05, 0) is 0 Å². The highest BCUT2D eigenvalue weighted by molar-refractivity contribution is 9.24. The van der Waals surface area contributed by atoms with Crippen molar-refractivity contribution in [2.75, 3.05) is 6.67 Å². The van der Waals surface area contributed by atoms with Crippen LogP contribution in [0.2, 0.25) is 0 Å². The van der Waals surface area contributed by atoms with Gasteiger partial charge in [0.2, 0.25) is 0 Å². The molecule has 0 aliphatic carbocycles. The maximum atomic E-state index is 12.1. The number of alkyl halides is 3. The van der Waals surface area contributed by atoms with Crippen LogP contribution in [0.4, 0.5) is 8.78 Å². The second-order valence-electron chi connectivity index (χ2n) is 1.19. The molecule has 0 bridgehead atoms. The van der Waals surface area contributed by atoms with Gasteiger partial charge in [-0.15, -0.1) is 0 Å². The van der Waals surface area contributed by atoms with Crippen LogP contribution < -0.4 is 0 Å². The Kier molecular flexibility index (Phi) is 5.15. The van der Waals surface area contributed by atoms with E-state index in [-0.39, 0.29) is 6.42 Å². The Bertz CT molecular complexity index is 58.0. The number of rotatable bonds is 3. The molecule has 0 aliphatic rings. The first-order valence-corrected chi connectivity index (χ1v) is 3.87. The highest BCUT2D eigenvalue weighted by Gasteiger charge is 2.14. The summed E-state index contributed by atoms with van der Waals surface area (Å²) in [7, 11) is 0. The maximum absolute atomic E-state index is 12.1. The fraction of sp³-hybridized carbons (Fsp3) is 0.750. The molecule has 0 heterocycles. The molecule has 0 saturated carbocycles. The Hall–Kier alpha value is 0.820. The van der Waals surface area contributed by atoms with Crippen molar-refractivity contribution >= 4 is 31.9 Å². The van der Waals surface area contributed by atoms with Crippen molar-refractivity contribution in [3.63, 3.8) is 0 Å². The number of hydrogen-bond donors (Lipinski definition) is 0. The second kappa shape index (κ2) is 4.68. The molecule has 0 saturated heterocycles. The Morgan fingerprint density at radius 3 is 2.12 bits per heavy atom. The minimum Gasteiger partial charge on any atom is -0.251 e. The standard InChI is InChI=1S/C4H5Br2F2/c5-4(6)3(8)1-2-7/h4H,1-2H2. The Morgan fingerprint density at radius 2 is 2.00 bits per heavy atom. The third-order valence-corrected chi connectivity index (χ3v) is 1.56. The molecule has 0 aliphatic heterocycles. The van der Waals surface area contributed by atoms with E-state index in [1.165, 1.54) is 0 Å². The van der Waals surface area contributed by atoms with E-state index in [4.69, 9.17) is 0 Å². The summed E-state index contributed by atoms with van der Waals surface area (Å²) in [6, 6.07) is 0. The molecule has 0 unspecified atom stereocenters. The van der Waals surface area contributed by atoms with Crippen molar-refractivity contribution in [3.8, 4) is 0 Å². The summed E-state index contributed by atoms with van der Waals surface area (Å²) in [6.07, 6.45) is -0.534. The SMILES string of the molecule is FCC[C](F)C(Br)Br. The molecule has 0 N–H and O–H groups in total. The lowest BCUT2D eigenvalue weighted by Crippen LogP contribution is -1.98. The van der Waals surface area contributed by atoms with Gasteiger partial charge in [0.15, 0.2) is 6.17 Å². The zero-order valence-corrected chi connectivity index (χ0v) is 7.18. The average molecular weight is 251 g/mol. The third kappa shape index (κ3) is 3.78. The molecule has 0 aromatic rings. The Morgan fingerprint density at radius 1 is 1.50 bits per heavy atom. The topological polar surface area (TPSA) is 0 Å². The van der Waals surface area contributed by atoms with Crippen LogP contribution in [0.3, 0.4) is 0 Å². The molecular formula is C4H5Br2F2. The van der Waals surface area contributed by atoms with Crippen molar-refractivity contribution in [3.05, 3.63) is 6.17 Å². The summed E-state index contributed by atoms with van der Waals surface area (Å²) in [5.74, 6) is 0. The largest absolute Gasteiger partial charge is 0.251 e. The molecule has 49 valence electrons. The molecule has 0 fully saturated rings. The van der Waals surface area contributed by atoms with Gasteiger partial charge in [-0.1, -0.05) is 31.9 Å². The molecule has 0 amide bonds. The molecular weight excluding hydrogens is 246 g/mol. The van der Waals surface area contributed by atoms with Crippen LogP contribution in [0.25, 0.3) is 0 Å². The lowest BCUT2D eigenvalue weighted by Gasteiger charge is -2.02. The zero-order chi connectivity index (χ0) is 6.57. The second-order valence-corrected chi connectivity index (χ2v) is 4.25. The quantitative estimate of drug-likeness (QED) is 0.676. The van der Waals surface area contributed by atoms with Crippen LogP contribution in [-0.4, -0.2) is 10.4 Å². The molecule has 0 rings (SSSR count). The smallest absolute Gasteiger partial charge is 0.171 e. The average Bonchev–Trinajstić information content (AvgIpc) is 1.67. The van der Waals surface area contributed by atoms with Gasteiger partial charge in [-0.25, -0.2) is 4.39 Å². The number of halogens is 4. The molecule has 4 heteroatoms. The van der Waals surface area contributed by atoms with E-state index in [1.807, 2.05) is 0 Å². The number of hydrogen-bond acceptors (Lipinski definition) is 0. The molecule has 8 heavy (non-hydrogen) atoms. The van der Waals surface area contributed by atoms with Gasteiger partial charge in [0.1, 0.15) is 3.74 Å². The minimum absolute atomic E-state index is 0.124. The van der Waals surface area contributed by atoms with E-state index in [0.29, 0.717) is 0 Å². The van der Waals surface area contributed by atoms with Gasteiger partial charge in [0.25, 0.3) is 0 Å². The molecule has 1 radical (unpaired) electrons. The molecule has 0 aromatic heterocycles. The van der Waals surface area contributed by atoms with Crippen LogP contribution in [0.5, 0.6) is 0 Å². The first-order chi connectivity index (χ1) is 3.68. The molecule has 0 spiro atoms. The maximum Gasteiger partial charge on any atom is 0.171 e. The van der Waals surface area contributed by atoms with Crippen LogP contribution >= 0.6 is 31.9 Å². The summed E-state index contributed by atoms with van der Waals surface area (Å²) < 4.78 is 22.9. The van der Waals surface area contributed by atoms with E-state index in [1.54, 1.807) is 0 Å². The lowest BCUT2D eigenvalue weighted by molar-refractivity contribution is 0.400. The van der Waals surface area contributed by atoms with Crippen LogP contribution in [0.15, 0.2) is 0 Å². The fourth-order valence-corrected chi connectivity index (χ4v) is 0.657. The highest BCUT2D eigenvalue weighted by atomic mass is 79.9. The van der Waals surface area contributed by atoms with E-state index in [9.17, 15) is 8.78 Å². The van der Waals surface area contributed by atoms with E-state index in [0.717, 1.165) is 0 Å². The van der Waals surface area contributed by atoms with Gasteiger partial charge in [0.05, 0.1) is 6.67 Å². The summed E-state index contributed by atoms with van der Waals surface area (Å²) >= 11 is 5.76. The van der Waals surface area contributed by atoms with Crippen LogP contribution in [0.1, 0.15) is 6.42 Å². The van der Waals surface area contributed by atoms with E-state index >= 15 is 0 Å². The first kappa shape index (κ1) is 8.82. The lowest BCUT2D eigenvalue weighted by atomic mass is 10.3. The summed E-state index contributed by atoms with van der Waals surface area (Å²) in [5.41, 5.74) is 0. The van der Waals surface area contributed by atoms with E-state index < -0.39 is 16.6 Å². The first-order valence-electron chi connectivity index (χ1n) is 2.03. The molecule has 0 nitrogen and oxygen atoms in total. The summed E-state index contributed by atoms with van der Waals surface area (Å²) in [4.78, 5) is 0. The predicted molar refractivity (Wildman–Crippen MR) is 36.6 cm³/mol. The van der Waals surface area contributed by atoms with Crippen molar-refractivity contribution in [1.82, 2.24) is 0 Å². The van der Waals surface area contributed by atoms with Crippen LogP contribution in [-0.2, 0) is 0 Å². The van der Waals surface area contributed by atoms with Gasteiger partial charge in [-0.3, -0.25) is 4.39 Å². The van der Waals surface area contributed by atoms with Crippen LogP contribution in [0, 0.1) is 6.17 Å². The summed E-state index contributed by atoms with van der Waals surface area (Å²) in [5, 5.41) is 0. The monoisotopic (exact) mass is 249 g/mol. The van der Waals surface area contributed by atoms with Crippen molar-refractivity contribution in [2.24, 2.45) is 0 Å². The van der Waals surface area contributed by atoms with Gasteiger partial charge in [-0.2, -0.15) is 0 Å². The third-order valence-electron chi connectivity index (χ3n) is 0.570. The van der Waals surface area contributed by atoms with Crippen molar-refractivity contribution < 1.29 is 8.78 Å².